The zero-order chi connectivity index (χ0) is 96.0. The molecule has 19 N–H and O–H groups in total. The number of likely N-dealkylation sites (N-methyl/N-ethyl adjacent to an activating group) is 2. The first kappa shape index (κ1) is 101. The van der Waals surface area contributed by atoms with Gasteiger partial charge in [0.05, 0.1) is 18.7 Å². The molecule has 0 saturated carbocycles. The molecule has 37 nitrogen and oxygen atoms in total. The first-order valence-corrected chi connectivity index (χ1v) is 46.0. The molecule has 0 spiro atoms. The van der Waals surface area contributed by atoms with Gasteiger partial charge in [-0.05, 0) is 140 Å². The fraction of sp³-hybridized carbons (Fsp3) is 0.442. The van der Waals surface area contributed by atoms with Crippen molar-refractivity contribution in [3.8, 4) is 11.5 Å². The molecule has 1 unspecified atom stereocenters. The van der Waals surface area contributed by atoms with Gasteiger partial charge >= 0.3 is 0 Å². The van der Waals surface area contributed by atoms with Crippen LogP contribution < -0.4 is 70.4 Å². The number of unbranched alkanes of at least 4 members (excludes halogenated alkanes) is 1. The smallest absolute Gasteiger partial charge is 0.246 e. The maximum Gasteiger partial charge on any atom is 0.246 e. The van der Waals surface area contributed by atoms with E-state index in [0.29, 0.717) is 70.0 Å². The summed E-state index contributed by atoms with van der Waals surface area (Å²) in [6.07, 6.45) is 4.51. The van der Waals surface area contributed by atoms with E-state index in [-0.39, 0.29) is 108 Å². The number of H-pyrrole nitrogens is 1. The van der Waals surface area contributed by atoms with E-state index >= 15 is 43.2 Å². The summed E-state index contributed by atoms with van der Waals surface area (Å²) in [5.41, 5.74) is 21.0. The van der Waals surface area contributed by atoms with E-state index in [4.69, 9.17) is 17.2 Å². The van der Waals surface area contributed by atoms with Gasteiger partial charge in [-0.15, -0.1) is 11.8 Å². The van der Waals surface area contributed by atoms with Gasteiger partial charge in [0, 0.05) is 101 Å². The number of nitrogens with one attached hydrogen (secondary N) is 11. The minimum Gasteiger partial charge on any atom is -0.508 e. The predicted molar refractivity (Wildman–Crippen MR) is 494 cm³/mol. The SMILES string of the molecule is CCCC[C@H]1C(=O)N2CCC[C@@H]2C(=O)N[C@@H](CC(N)=O)C(=O)N[C@@H](C(C)C)C(=O)N[C@@H](Cc2ccccc2)C(=O)N[C@@H](Cc2ccc(O)cc2)C(=O)N2CCCC[C@@H]2C(=O)N[C@@H](Cc2c[nH]c3ccccc23)C(=O)N[C@@H](Cc2ccc(O)cc2)C(=O)N[C@@H](CCCN)C(=O)N[C@H](C(=O)NCC(N)=O)CSCC(=O)NC(Cc2ccccc2)C(=O)N(C)[C@@H](Cc2ccncc2)C(=O)N1C. The van der Waals surface area contributed by atoms with Crippen molar-refractivity contribution >= 4 is 117 Å². The molecule has 16 amide bonds. The number of primary amides is 2. The monoisotopic (exact) mass is 1850 g/mol. The Morgan fingerprint density at radius 1 is 0.474 bits per heavy atom. The van der Waals surface area contributed by atoms with Crippen molar-refractivity contribution in [2.75, 3.05) is 51.8 Å². The number of nitrogens with zero attached hydrogens (tertiary/aromatic N) is 5. The van der Waals surface area contributed by atoms with Crippen molar-refractivity contribution in [1.82, 2.24) is 82.7 Å². The number of amides is 16. The number of hydrogen-bond acceptors (Lipinski definition) is 21. The Kier molecular flexibility index (Phi) is 37.7. The summed E-state index contributed by atoms with van der Waals surface area (Å²) in [7, 11) is 2.78. The lowest BCUT2D eigenvalue weighted by atomic mass is 9.96. The molecule has 5 heterocycles. The Balaban J connectivity index is 1.05. The number of benzene rings is 5. The standard InChI is InChI=1S/C95H121N19O18S/c1-6-7-27-77-95(132)114-44-19-29-76(114)90(127)106-71(51-79(97)117)88(125)110-82(56(2)3)91(128)107-69(45-57-20-10-8-11-21-57)86(123)108-73(48-60-32-36-64(116)37-33-60)93(130)113-43-17-16-28-75(113)89(126)105-70(50-62-52-100-66-25-15-14-24-65(62)66)87(124)104-68(46-59-30-34-63(115)35-31-59)85(122)103-67(26-18-40-96)84(121)109-74(83(120)101-53-80(98)118)54-133-55-81(119)102-72(47-58-22-12-9-13-23-58)92(129)112(5)78(94(131)111(77)4)49-61-38-41-99-42-39-61/h8-15,20-25,30-39,41-42,52,56,67-78,82,100,115-116H,6-7,16-19,26-29,40,43-51,53-55,96H2,1-5H3,(H2,97,117)(H2,98,118)(H,101,120)(H,102,119)(H,103,122)(H,104,124)(H,105,126)(H,106,127)(H,107,128)(H,108,123)(H,109,121)(H,110,125)/t67-,68-,69-,70-,71-,72?,73-,74-,75+,76+,77-,78-,82-/m0/s1. The summed E-state index contributed by atoms with van der Waals surface area (Å²) in [4.78, 5) is 251. The van der Waals surface area contributed by atoms with Crippen molar-refractivity contribution < 1.29 is 86.9 Å². The molecular weight excluding hydrogens is 1730 g/mol. The van der Waals surface area contributed by atoms with Crippen LogP contribution >= 0.6 is 11.8 Å². The largest absolute Gasteiger partial charge is 0.508 e. The van der Waals surface area contributed by atoms with Crippen LogP contribution in [0.5, 0.6) is 11.5 Å². The number of hydrogen-bond donors (Lipinski definition) is 16. The van der Waals surface area contributed by atoms with Crippen molar-refractivity contribution in [1.29, 1.82) is 0 Å². The number of piperidine rings is 1. The van der Waals surface area contributed by atoms with Gasteiger partial charge in [-0.1, -0.05) is 137 Å². The predicted octanol–water partition coefficient (Wildman–Crippen LogP) is 0.928. The number of pyridine rings is 1. The Morgan fingerprint density at radius 2 is 0.955 bits per heavy atom. The van der Waals surface area contributed by atoms with Crippen LogP contribution in [0.3, 0.4) is 0 Å². The first-order chi connectivity index (χ1) is 63.8. The van der Waals surface area contributed by atoms with Crippen LogP contribution in [0.15, 0.2) is 164 Å². The zero-order valence-electron chi connectivity index (χ0n) is 75.2. The Morgan fingerprint density at radius 3 is 1.53 bits per heavy atom. The van der Waals surface area contributed by atoms with E-state index in [9.17, 15) is 43.8 Å². The first-order valence-electron chi connectivity index (χ1n) is 44.8. The summed E-state index contributed by atoms with van der Waals surface area (Å²) < 4.78 is 0. The van der Waals surface area contributed by atoms with Gasteiger partial charge < -0.3 is 105 Å². The van der Waals surface area contributed by atoms with Crippen molar-refractivity contribution in [3.05, 3.63) is 198 Å². The maximum absolute atomic E-state index is 15.9. The van der Waals surface area contributed by atoms with E-state index in [1.807, 2.05) is 6.92 Å². The topological polar surface area (TPSA) is 554 Å². The second kappa shape index (κ2) is 49.5. The summed E-state index contributed by atoms with van der Waals surface area (Å²) in [6, 6.07) is 19.6. The van der Waals surface area contributed by atoms with E-state index in [1.54, 1.807) is 117 Å². The number of phenolic OH excluding ortho intramolecular Hbond substituents is 2. The number of fused-ring (bicyclic) bond motifs is 3. The van der Waals surface area contributed by atoms with E-state index in [0.717, 1.165) is 11.8 Å². The average molecular weight is 1850 g/mol. The van der Waals surface area contributed by atoms with E-state index < -0.39 is 203 Å². The number of nitrogens with two attached hydrogens (primary N) is 3. The number of aromatic amines is 1. The Labute approximate surface area is 775 Å². The molecule has 13 atom stereocenters. The minimum absolute atomic E-state index is 0.00539. The number of carbonyl (C=O) groups is 16. The number of thioether (sulfide) groups is 1. The quantitative estimate of drug-likeness (QED) is 0.0400. The fourth-order valence-corrected chi connectivity index (χ4v) is 17.5. The van der Waals surface area contributed by atoms with Gasteiger partial charge in [-0.3, -0.25) is 81.7 Å². The third-order valence-corrected chi connectivity index (χ3v) is 24.9. The molecule has 0 aliphatic carbocycles. The Hall–Kier alpha value is -13.8. The van der Waals surface area contributed by atoms with E-state index in [2.05, 4.69) is 63.1 Å². The second-order valence-electron chi connectivity index (χ2n) is 34.1. The van der Waals surface area contributed by atoms with Crippen LogP contribution in [0.1, 0.15) is 125 Å². The summed E-state index contributed by atoms with van der Waals surface area (Å²) in [6.45, 7) is 4.28. The van der Waals surface area contributed by atoms with Crippen LogP contribution in [0.2, 0.25) is 0 Å². The van der Waals surface area contributed by atoms with Crippen LogP contribution in [-0.2, 0) is 115 Å². The fourth-order valence-electron chi connectivity index (χ4n) is 16.6. The van der Waals surface area contributed by atoms with Crippen LogP contribution in [-0.4, -0.2) is 265 Å². The lowest BCUT2D eigenvalue weighted by Gasteiger charge is -2.38. The number of para-hydroxylation sites is 1. The molecule has 5 aromatic carbocycles. The summed E-state index contributed by atoms with van der Waals surface area (Å²) >= 11 is 0.824. The number of phenols is 2. The number of aromatic hydroxyl groups is 2. The van der Waals surface area contributed by atoms with Gasteiger partial charge in [0.1, 0.15) is 90.0 Å². The van der Waals surface area contributed by atoms with Crippen LogP contribution in [0.25, 0.3) is 10.9 Å². The highest BCUT2D eigenvalue weighted by molar-refractivity contribution is 8.00. The highest BCUT2D eigenvalue weighted by Gasteiger charge is 2.46. The lowest BCUT2D eigenvalue weighted by molar-refractivity contribution is -0.152. The van der Waals surface area contributed by atoms with Gasteiger partial charge in [0.15, 0.2) is 0 Å². The molecule has 3 fully saturated rings. The normalized spacial score (nSPS) is 23.5. The zero-order valence-corrected chi connectivity index (χ0v) is 76.1. The molecule has 10 rings (SSSR count). The highest BCUT2D eigenvalue weighted by Crippen LogP contribution is 2.28. The molecule has 3 aliphatic heterocycles. The van der Waals surface area contributed by atoms with Crippen LogP contribution in [0, 0.1) is 5.92 Å². The third-order valence-electron chi connectivity index (χ3n) is 23.9. The van der Waals surface area contributed by atoms with Crippen LogP contribution in [0.4, 0.5) is 0 Å². The minimum atomic E-state index is -1.77. The van der Waals surface area contributed by atoms with Crippen molar-refractivity contribution in [2.24, 2.45) is 23.1 Å². The van der Waals surface area contributed by atoms with Gasteiger partial charge in [0.25, 0.3) is 0 Å². The molecule has 0 bridgehead atoms. The average Bonchev–Trinajstić information content (AvgIpc) is 1.63. The maximum atomic E-state index is 15.9. The Bertz CT molecular complexity index is 5230. The number of carbonyl (C=O) groups excluding carboxylic acids is 16. The molecule has 2 aromatic heterocycles. The highest BCUT2D eigenvalue weighted by atomic mass is 32.2. The summed E-state index contributed by atoms with van der Waals surface area (Å²) in [5, 5.41) is 48.8. The molecule has 38 heteroatoms. The molecule has 0 radical (unpaired) electrons. The molecule has 710 valence electrons. The molecule has 133 heavy (non-hydrogen) atoms. The van der Waals surface area contributed by atoms with E-state index in [1.165, 1.54) is 94.6 Å². The summed E-state index contributed by atoms with van der Waals surface area (Å²) in [5.74, 6) is -16.1. The molecule has 7 aromatic rings. The van der Waals surface area contributed by atoms with Gasteiger partial charge in [0.2, 0.25) is 94.5 Å². The third kappa shape index (κ3) is 29.1. The molecule has 3 aliphatic rings. The van der Waals surface area contributed by atoms with Crippen molar-refractivity contribution in [3.63, 3.8) is 0 Å². The number of aromatic nitrogens is 2. The number of rotatable bonds is 24. The van der Waals surface area contributed by atoms with Gasteiger partial charge in [-0.25, -0.2) is 0 Å². The molecule has 3 saturated heterocycles. The lowest BCUT2D eigenvalue weighted by Crippen LogP contribution is -2.63. The molecular formula is C95H121N19O18S. The van der Waals surface area contributed by atoms with Gasteiger partial charge in [-0.2, -0.15) is 0 Å². The second-order valence-corrected chi connectivity index (χ2v) is 35.2. The van der Waals surface area contributed by atoms with Crippen molar-refractivity contribution in [2.45, 2.75) is 208 Å².